The van der Waals surface area contributed by atoms with E-state index in [0.717, 1.165) is 56.4 Å². The van der Waals surface area contributed by atoms with Gasteiger partial charge in [0.2, 0.25) is 11.8 Å². The third kappa shape index (κ3) is 7.36. The van der Waals surface area contributed by atoms with Gasteiger partial charge in [-0.05, 0) is 77.1 Å². The number of amides is 3. The van der Waals surface area contributed by atoms with Gasteiger partial charge in [0, 0.05) is 57.2 Å². The van der Waals surface area contributed by atoms with Gasteiger partial charge in [-0.25, -0.2) is 23.1 Å². The van der Waals surface area contributed by atoms with Crippen LogP contribution in [0.5, 0.6) is 0 Å². The highest BCUT2D eigenvalue weighted by Crippen LogP contribution is 2.33. The first kappa shape index (κ1) is 37.8. The van der Waals surface area contributed by atoms with E-state index in [2.05, 4.69) is 49.6 Å². The van der Waals surface area contributed by atoms with Crippen LogP contribution in [0.15, 0.2) is 53.8 Å². The standard InChI is InChI=1S/C38H47F2N11O4/c1-5-24(50-22-27(32(45-50)34(39)40)43-36(53)26-21-42-49-18-8-17-41-35(26)49)10-6-9-23(2)46(3)25-15-19-48(20-16-25)28-11-7-12-29-33(28)47(4)38(55)51(29)30-13-14-31(52)44-37(30)54/h7-8,11-12,17-18,21-25,30,34H,5-6,9-10,13-16,19-20H2,1-4H3,(H,43,53)(H,44,52,54). The highest BCUT2D eigenvalue weighted by molar-refractivity contribution is 6.08. The Labute approximate surface area is 316 Å². The number of halogens is 2. The Morgan fingerprint density at radius 1 is 1.11 bits per heavy atom. The Balaban J connectivity index is 0.949. The molecule has 0 radical (unpaired) electrons. The molecule has 3 amide bonds. The topological polar surface area (TPSA) is 157 Å². The molecule has 292 valence electrons. The quantitative estimate of drug-likeness (QED) is 0.160. The molecule has 0 aliphatic carbocycles. The molecule has 7 rings (SSSR count). The zero-order chi connectivity index (χ0) is 39.0. The number of nitrogens with one attached hydrogen (secondary N) is 2. The largest absolute Gasteiger partial charge is 0.370 e. The fourth-order valence-electron chi connectivity index (χ4n) is 8.18. The van der Waals surface area contributed by atoms with Crippen molar-refractivity contribution < 1.29 is 23.2 Å². The van der Waals surface area contributed by atoms with Crippen LogP contribution in [-0.2, 0) is 16.6 Å². The molecule has 5 aromatic rings. The lowest BCUT2D eigenvalue weighted by atomic mass is 9.98. The maximum Gasteiger partial charge on any atom is 0.329 e. The van der Waals surface area contributed by atoms with Crippen LogP contribution < -0.4 is 21.2 Å². The van der Waals surface area contributed by atoms with Gasteiger partial charge in [0.05, 0.1) is 34.6 Å². The van der Waals surface area contributed by atoms with E-state index in [1.807, 2.05) is 25.1 Å². The van der Waals surface area contributed by atoms with Crippen molar-refractivity contribution in [2.24, 2.45) is 7.05 Å². The van der Waals surface area contributed by atoms with E-state index >= 15 is 0 Å². The summed E-state index contributed by atoms with van der Waals surface area (Å²) in [5.74, 6) is -1.35. The van der Waals surface area contributed by atoms with Gasteiger partial charge >= 0.3 is 5.69 Å². The van der Waals surface area contributed by atoms with E-state index < -0.39 is 30.0 Å². The average Bonchev–Trinajstić information content (AvgIpc) is 3.88. The van der Waals surface area contributed by atoms with Gasteiger partial charge in [0.1, 0.15) is 11.6 Å². The zero-order valence-electron chi connectivity index (χ0n) is 31.5. The molecule has 2 saturated heterocycles. The van der Waals surface area contributed by atoms with Crippen molar-refractivity contribution in [2.45, 2.75) is 95.8 Å². The molecule has 1 aromatic carbocycles. The highest BCUT2D eigenvalue weighted by Gasteiger charge is 2.33. The van der Waals surface area contributed by atoms with Crippen LogP contribution in [0.25, 0.3) is 16.7 Å². The average molecular weight is 760 g/mol. The highest BCUT2D eigenvalue weighted by atomic mass is 19.3. The number of rotatable bonds is 13. The number of alkyl halides is 2. The summed E-state index contributed by atoms with van der Waals surface area (Å²) in [6.07, 6.45) is 8.72. The molecule has 6 heterocycles. The van der Waals surface area contributed by atoms with E-state index in [1.165, 1.54) is 27.7 Å². The predicted octanol–water partition coefficient (Wildman–Crippen LogP) is 4.86. The summed E-state index contributed by atoms with van der Waals surface area (Å²) in [6.45, 7) is 5.82. The first-order valence-electron chi connectivity index (χ1n) is 18.9. The molecular weight excluding hydrogens is 712 g/mol. The number of piperidine rings is 2. The van der Waals surface area contributed by atoms with Crippen LogP contribution in [0, 0.1) is 0 Å². The Morgan fingerprint density at radius 2 is 1.89 bits per heavy atom. The number of imide groups is 1. The van der Waals surface area contributed by atoms with Crippen molar-refractivity contribution in [3.8, 4) is 0 Å². The van der Waals surface area contributed by atoms with Crippen molar-refractivity contribution >= 4 is 45.8 Å². The second-order valence-corrected chi connectivity index (χ2v) is 14.7. The normalized spacial score (nSPS) is 18.1. The fraction of sp³-hybridized carbons (Fsp3) is 0.500. The minimum Gasteiger partial charge on any atom is -0.370 e. The SMILES string of the molecule is CCC(CCCC(C)N(C)C1CCN(c2cccc3c2n(C)c(=O)n3C2CCC(=O)NC2=O)CC1)n1cc(NC(=O)c2cnn3cccnc23)c(C(F)F)n1. The summed E-state index contributed by atoms with van der Waals surface area (Å²) < 4.78 is 34.3. The molecule has 55 heavy (non-hydrogen) atoms. The minimum absolute atomic E-state index is 0.0292. The Kier molecular flexibility index (Phi) is 10.8. The number of aryl methyl sites for hydroxylation is 1. The number of carbonyl (C=O) groups excluding carboxylic acids is 3. The minimum atomic E-state index is -2.87. The van der Waals surface area contributed by atoms with Gasteiger partial charge in [0.15, 0.2) is 11.3 Å². The van der Waals surface area contributed by atoms with Crippen LogP contribution in [0.3, 0.4) is 0 Å². The molecule has 15 nitrogen and oxygen atoms in total. The number of imidazole rings is 1. The fourth-order valence-corrected chi connectivity index (χ4v) is 8.18. The number of hydrogen-bond donors (Lipinski definition) is 2. The number of anilines is 2. The smallest absolute Gasteiger partial charge is 0.329 e. The van der Waals surface area contributed by atoms with Crippen molar-refractivity contribution in [3.05, 3.63) is 70.8 Å². The van der Waals surface area contributed by atoms with Crippen molar-refractivity contribution in [1.29, 1.82) is 0 Å². The van der Waals surface area contributed by atoms with E-state index in [1.54, 1.807) is 28.6 Å². The molecular formula is C38H47F2N11O4. The summed E-state index contributed by atoms with van der Waals surface area (Å²) in [5.41, 5.74) is 2.13. The zero-order valence-corrected chi connectivity index (χ0v) is 31.5. The second kappa shape index (κ2) is 15.7. The van der Waals surface area contributed by atoms with E-state index in [-0.39, 0.29) is 47.8 Å². The summed E-state index contributed by atoms with van der Waals surface area (Å²) in [4.78, 5) is 59.9. The molecule has 2 aliphatic rings. The number of aromatic nitrogens is 7. The van der Waals surface area contributed by atoms with Gasteiger partial charge < -0.3 is 15.1 Å². The molecule has 2 N–H and O–H groups in total. The molecule has 3 unspecified atom stereocenters. The lowest BCUT2D eigenvalue weighted by Gasteiger charge is -2.40. The van der Waals surface area contributed by atoms with Crippen LogP contribution in [0.1, 0.15) is 99.8 Å². The molecule has 0 saturated carbocycles. The predicted molar refractivity (Wildman–Crippen MR) is 202 cm³/mol. The maximum absolute atomic E-state index is 14.1. The number of carbonyl (C=O) groups is 3. The summed E-state index contributed by atoms with van der Waals surface area (Å²) >= 11 is 0. The number of fused-ring (bicyclic) bond motifs is 2. The van der Waals surface area contributed by atoms with Crippen LogP contribution >= 0.6 is 0 Å². The monoisotopic (exact) mass is 759 g/mol. The first-order valence-corrected chi connectivity index (χ1v) is 18.9. The summed E-state index contributed by atoms with van der Waals surface area (Å²) in [5, 5.41) is 13.3. The van der Waals surface area contributed by atoms with E-state index in [0.29, 0.717) is 23.6 Å². The molecule has 3 atom stereocenters. The number of para-hydroxylation sites is 1. The third-order valence-electron chi connectivity index (χ3n) is 11.4. The van der Waals surface area contributed by atoms with E-state index in [9.17, 15) is 28.0 Å². The maximum atomic E-state index is 14.1. The van der Waals surface area contributed by atoms with E-state index in [4.69, 9.17) is 0 Å². The first-order chi connectivity index (χ1) is 26.5. The van der Waals surface area contributed by atoms with Crippen LogP contribution in [0.2, 0.25) is 0 Å². The van der Waals surface area contributed by atoms with Crippen molar-refractivity contribution in [2.75, 3.05) is 30.4 Å². The molecule has 17 heteroatoms. The Bertz CT molecular complexity index is 2270. The summed E-state index contributed by atoms with van der Waals surface area (Å²) in [7, 11) is 3.88. The van der Waals surface area contributed by atoms with Gasteiger partial charge in [-0.2, -0.15) is 10.2 Å². The Morgan fingerprint density at radius 3 is 2.62 bits per heavy atom. The lowest BCUT2D eigenvalue weighted by molar-refractivity contribution is -0.135. The van der Waals surface area contributed by atoms with Crippen LogP contribution in [-0.4, -0.2) is 88.4 Å². The van der Waals surface area contributed by atoms with Gasteiger partial charge in [-0.15, -0.1) is 0 Å². The molecule has 2 aliphatic heterocycles. The number of benzene rings is 1. The van der Waals surface area contributed by atoms with Gasteiger partial charge in [0.25, 0.3) is 12.3 Å². The van der Waals surface area contributed by atoms with Gasteiger partial charge in [-0.1, -0.05) is 13.0 Å². The van der Waals surface area contributed by atoms with Crippen molar-refractivity contribution in [1.82, 2.24) is 43.7 Å². The molecule has 0 bridgehead atoms. The van der Waals surface area contributed by atoms with Gasteiger partial charge in [-0.3, -0.25) is 33.5 Å². The molecule has 2 fully saturated rings. The lowest BCUT2D eigenvalue weighted by Crippen LogP contribution is -2.46. The number of hydrogen-bond acceptors (Lipinski definition) is 9. The third-order valence-corrected chi connectivity index (χ3v) is 11.4. The number of nitrogens with zero attached hydrogens (tertiary/aromatic N) is 9. The summed E-state index contributed by atoms with van der Waals surface area (Å²) in [6, 6.07) is 7.27. The Hall–Kier alpha value is -5.45. The second-order valence-electron chi connectivity index (χ2n) is 14.7. The van der Waals surface area contributed by atoms with Crippen molar-refractivity contribution in [3.63, 3.8) is 0 Å². The molecule has 4 aromatic heterocycles. The molecule has 0 spiro atoms. The van der Waals surface area contributed by atoms with Crippen LogP contribution in [0.4, 0.5) is 20.2 Å².